The molecule has 4 nitrogen and oxygen atoms in total. The molecule has 0 aromatic carbocycles. The Kier molecular flexibility index (Phi) is 4.53. The van der Waals surface area contributed by atoms with Gasteiger partial charge in [-0.3, -0.25) is 9.48 Å². The van der Waals surface area contributed by atoms with E-state index in [0.29, 0.717) is 18.0 Å². The molecule has 1 aromatic heterocycles. The fourth-order valence-electron chi connectivity index (χ4n) is 1.51. The summed E-state index contributed by atoms with van der Waals surface area (Å²) in [4.78, 5) is 11.9. The van der Waals surface area contributed by atoms with Crippen molar-refractivity contribution in [2.75, 3.05) is 11.9 Å². The molecular formula is C11H18BrN3O. The van der Waals surface area contributed by atoms with Gasteiger partial charge in [0.25, 0.3) is 5.91 Å². The number of hydrogen-bond acceptors (Lipinski definition) is 2. The zero-order valence-corrected chi connectivity index (χ0v) is 11.8. The van der Waals surface area contributed by atoms with Crippen LogP contribution >= 0.6 is 15.9 Å². The van der Waals surface area contributed by atoms with Crippen LogP contribution in [0.3, 0.4) is 0 Å². The zero-order valence-electron chi connectivity index (χ0n) is 10.2. The summed E-state index contributed by atoms with van der Waals surface area (Å²) < 4.78 is 1.73. The predicted octanol–water partition coefficient (Wildman–Crippen LogP) is 1.80. The van der Waals surface area contributed by atoms with Crippen molar-refractivity contribution in [1.29, 1.82) is 0 Å². The van der Waals surface area contributed by atoms with Crippen LogP contribution in [0.4, 0.5) is 0 Å². The molecule has 0 fully saturated rings. The van der Waals surface area contributed by atoms with Crippen molar-refractivity contribution < 1.29 is 4.79 Å². The van der Waals surface area contributed by atoms with Gasteiger partial charge in [-0.05, 0) is 19.8 Å². The van der Waals surface area contributed by atoms with Gasteiger partial charge in [0.15, 0.2) is 0 Å². The molecule has 1 amide bonds. The van der Waals surface area contributed by atoms with Crippen molar-refractivity contribution in [1.82, 2.24) is 15.1 Å². The van der Waals surface area contributed by atoms with Gasteiger partial charge in [-0.2, -0.15) is 5.10 Å². The second kappa shape index (κ2) is 5.48. The van der Waals surface area contributed by atoms with Crippen LogP contribution in [0.25, 0.3) is 0 Å². The third-order valence-corrected chi connectivity index (χ3v) is 3.72. The van der Waals surface area contributed by atoms with Gasteiger partial charge >= 0.3 is 0 Å². The molecule has 1 N–H and O–H groups in total. The van der Waals surface area contributed by atoms with Crippen LogP contribution in [-0.2, 0) is 7.05 Å². The molecule has 0 saturated carbocycles. The SMILES string of the molecule is Cc1nn(C)c(C)c1C(=O)NCC(C)CBr. The lowest BCUT2D eigenvalue weighted by molar-refractivity contribution is 0.0948. The molecule has 0 bridgehead atoms. The normalized spacial score (nSPS) is 12.6. The van der Waals surface area contributed by atoms with Crippen LogP contribution < -0.4 is 5.32 Å². The third-order valence-electron chi connectivity index (χ3n) is 2.61. The number of carbonyl (C=O) groups is 1. The van der Waals surface area contributed by atoms with Crippen molar-refractivity contribution in [2.45, 2.75) is 20.8 Å². The Bertz CT molecular complexity index is 387. The van der Waals surface area contributed by atoms with Gasteiger partial charge in [-0.15, -0.1) is 0 Å². The van der Waals surface area contributed by atoms with Gasteiger partial charge in [0, 0.05) is 24.6 Å². The van der Waals surface area contributed by atoms with E-state index in [4.69, 9.17) is 0 Å². The number of aromatic nitrogens is 2. The third kappa shape index (κ3) is 2.84. The highest BCUT2D eigenvalue weighted by Crippen LogP contribution is 2.11. The minimum absolute atomic E-state index is 0.0316. The maximum Gasteiger partial charge on any atom is 0.255 e. The highest BCUT2D eigenvalue weighted by Gasteiger charge is 2.17. The Balaban J connectivity index is 2.73. The molecule has 16 heavy (non-hydrogen) atoms. The Morgan fingerprint density at radius 1 is 1.56 bits per heavy atom. The van der Waals surface area contributed by atoms with Crippen LogP contribution in [0.2, 0.25) is 0 Å². The monoisotopic (exact) mass is 287 g/mol. The summed E-state index contributed by atoms with van der Waals surface area (Å²) >= 11 is 3.39. The number of alkyl halides is 1. The number of rotatable bonds is 4. The van der Waals surface area contributed by atoms with Crippen LogP contribution in [0.15, 0.2) is 0 Å². The Labute approximate surface area is 105 Å². The first kappa shape index (κ1) is 13.2. The fraction of sp³-hybridized carbons (Fsp3) is 0.636. The summed E-state index contributed by atoms with van der Waals surface area (Å²) in [6, 6.07) is 0. The lowest BCUT2D eigenvalue weighted by atomic mass is 10.1. The fourth-order valence-corrected chi connectivity index (χ4v) is 1.74. The Morgan fingerprint density at radius 2 is 2.19 bits per heavy atom. The molecular weight excluding hydrogens is 270 g/mol. The van der Waals surface area contributed by atoms with Crippen molar-refractivity contribution in [3.05, 3.63) is 17.0 Å². The molecule has 1 atom stereocenters. The van der Waals surface area contributed by atoms with Crippen molar-refractivity contribution in [2.24, 2.45) is 13.0 Å². The average Bonchev–Trinajstić information content (AvgIpc) is 2.49. The second-order valence-corrected chi connectivity index (χ2v) is 4.79. The number of hydrogen-bond donors (Lipinski definition) is 1. The smallest absolute Gasteiger partial charge is 0.255 e. The summed E-state index contributed by atoms with van der Waals surface area (Å²) in [6.45, 7) is 6.52. The molecule has 1 aromatic rings. The van der Waals surface area contributed by atoms with Gasteiger partial charge in [0.1, 0.15) is 0 Å². The maximum atomic E-state index is 11.9. The average molecular weight is 288 g/mol. The predicted molar refractivity (Wildman–Crippen MR) is 68.0 cm³/mol. The Hall–Kier alpha value is -0.840. The standard InChI is InChI=1S/C11H18BrN3O/c1-7(5-12)6-13-11(16)10-8(2)14-15(4)9(10)3/h7H,5-6H2,1-4H3,(H,13,16). The van der Waals surface area contributed by atoms with Crippen molar-refractivity contribution >= 4 is 21.8 Å². The highest BCUT2D eigenvalue weighted by atomic mass is 79.9. The van der Waals surface area contributed by atoms with E-state index < -0.39 is 0 Å². The van der Waals surface area contributed by atoms with Gasteiger partial charge in [0.05, 0.1) is 11.3 Å². The Morgan fingerprint density at radius 3 is 2.62 bits per heavy atom. The summed E-state index contributed by atoms with van der Waals surface area (Å²) in [5, 5.41) is 8.04. The summed E-state index contributed by atoms with van der Waals surface area (Å²) in [6.07, 6.45) is 0. The maximum absolute atomic E-state index is 11.9. The first-order valence-corrected chi connectivity index (χ1v) is 6.43. The van der Waals surface area contributed by atoms with E-state index in [1.807, 2.05) is 20.9 Å². The van der Waals surface area contributed by atoms with Gasteiger partial charge < -0.3 is 5.32 Å². The van der Waals surface area contributed by atoms with Gasteiger partial charge in [-0.25, -0.2) is 0 Å². The molecule has 0 radical (unpaired) electrons. The zero-order chi connectivity index (χ0) is 12.3. The van der Waals surface area contributed by atoms with E-state index in [1.165, 1.54) is 0 Å². The number of halogens is 1. The van der Waals surface area contributed by atoms with Crippen LogP contribution in [0.1, 0.15) is 28.7 Å². The minimum Gasteiger partial charge on any atom is -0.352 e. The minimum atomic E-state index is -0.0316. The van der Waals surface area contributed by atoms with E-state index in [1.54, 1.807) is 4.68 Å². The van der Waals surface area contributed by atoms with Gasteiger partial charge in [-0.1, -0.05) is 22.9 Å². The quantitative estimate of drug-likeness (QED) is 0.859. The number of nitrogens with zero attached hydrogens (tertiary/aromatic N) is 2. The molecule has 5 heteroatoms. The molecule has 0 saturated heterocycles. The topological polar surface area (TPSA) is 46.9 Å². The first-order valence-electron chi connectivity index (χ1n) is 5.31. The largest absolute Gasteiger partial charge is 0.352 e. The summed E-state index contributed by atoms with van der Waals surface area (Å²) in [7, 11) is 1.85. The summed E-state index contributed by atoms with van der Waals surface area (Å²) in [5.74, 6) is 0.400. The van der Waals surface area contributed by atoms with Crippen LogP contribution in [-0.4, -0.2) is 27.6 Å². The van der Waals surface area contributed by atoms with E-state index in [0.717, 1.165) is 16.7 Å². The first-order chi connectivity index (χ1) is 7.47. The second-order valence-electron chi connectivity index (χ2n) is 4.14. The molecule has 0 spiro atoms. The number of carbonyl (C=O) groups excluding carboxylic acids is 1. The lowest BCUT2D eigenvalue weighted by Crippen LogP contribution is -2.29. The lowest BCUT2D eigenvalue weighted by Gasteiger charge is -2.09. The number of amides is 1. The van der Waals surface area contributed by atoms with Crippen molar-refractivity contribution in [3.8, 4) is 0 Å². The highest BCUT2D eigenvalue weighted by molar-refractivity contribution is 9.09. The van der Waals surface area contributed by atoms with Crippen molar-refractivity contribution in [3.63, 3.8) is 0 Å². The molecule has 0 aliphatic heterocycles. The number of nitrogens with one attached hydrogen (secondary N) is 1. The van der Waals surface area contributed by atoms with E-state index in [9.17, 15) is 4.79 Å². The molecule has 90 valence electrons. The molecule has 1 rings (SSSR count). The molecule has 0 aliphatic rings. The van der Waals surface area contributed by atoms with E-state index in [-0.39, 0.29) is 5.91 Å². The summed E-state index contributed by atoms with van der Waals surface area (Å²) in [5.41, 5.74) is 2.38. The van der Waals surface area contributed by atoms with Crippen LogP contribution in [0.5, 0.6) is 0 Å². The number of aryl methyl sites for hydroxylation is 2. The van der Waals surface area contributed by atoms with E-state index >= 15 is 0 Å². The molecule has 1 heterocycles. The van der Waals surface area contributed by atoms with Gasteiger partial charge in [0.2, 0.25) is 0 Å². The molecule has 1 unspecified atom stereocenters. The van der Waals surface area contributed by atoms with Crippen LogP contribution in [0, 0.1) is 19.8 Å². The molecule has 0 aliphatic carbocycles. The van der Waals surface area contributed by atoms with E-state index in [2.05, 4.69) is 33.3 Å².